The highest BCUT2D eigenvalue weighted by atomic mass is 15.3. The molecule has 0 aliphatic heterocycles. The van der Waals surface area contributed by atoms with Gasteiger partial charge in [-0.05, 0) is 24.8 Å². The zero-order valence-corrected chi connectivity index (χ0v) is 13.0. The molecule has 0 unspecified atom stereocenters. The number of rotatable bonds is 5. The molecule has 5 nitrogen and oxygen atoms in total. The van der Waals surface area contributed by atoms with Gasteiger partial charge in [-0.2, -0.15) is 5.10 Å². The van der Waals surface area contributed by atoms with Crippen molar-refractivity contribution in [1.29, 1.82) is 0 Å². The van der Waals surface area contributed by atoms with Gasteiger partial charge >= 0.3 is 0 Å². The molecule has 0 radical (unpaired) electrons. The van der Waals surface area contributed by atoms with Gasteiger partial charge in [-0.1, -0.05) is 26.7 Å². The van der Waals surface area contributed by atoms with Gasteiger partial charge < -0.3 is 10.6 Å². The lowest BCUT2D eigenvalue weighted by Gasteiger charge is -2.30. The third kappa shape index (κ3) is 2.75. The van der Waals surface area contributed by atoms with Crippen LogP contribution < -0.4 is 10.6 Å². The smallest absolute Gasteiger partial charge is 0.154 e. The van der Waals surface area contributed by atoms with Crippen LogP contribution in [0.4, 0.5) is 5.82 Å². The summed E-state index contributed by atoms with van der Waals surface area (Å²) in [5, 5.41) is 4.66. The fraction of sp³-hybridized carbons (Fsp3) is 0.625. The molecule has 2 aromatic heterocycles. The highest BCUT2D eigenvalue weighted by Gasteiger charge is 2.25. The molecule has 0 aromatic carbocycles. The number of nitrogens with zero attached hydrogens (tertiary/aromatic N) is 4. The van der Waals surface area contributed by atoms with Crippen LogP contribution in [0, 0.1) is 0 Å². The van der Waals surface area contributed by atoms with E-state index < -0.39 is 0 Å². The van der Waals surface area contributed by atoms with Crippen LogP contribution in [0.1, 0.15) is 51.1 Å². The first-order valence-corrected chi connectivity index (χ1v) is 8.01. The molecule has 2 N–H and O–H groups in total. The van der Waals surface area contributed by atoms with Crippen molar-refractivity contribution in [2.45, 2.75) is 51.5 Å². The maximum Gasteiger partial charge on any atom is 0.154 e. The van der Waals surface area contributed by atoms with E-state index in [4.69, 9.17) is 5.73 Å². The lowest BCUT2D eigenvalue weighted by atomic mass is 10.1. The molecule has 5 heteroatoms. The van der Waals surface area contributed by atoms with Gasteiger partial charge in [0, 0.05) is 31.5 Å². The molecular weight excluding hydrogens is 262 g/mol. The van der Waals surface area contributed by atoms with Crippen molar-refractivity contribution in [3.63, 3.8) is 0 Å². The molecule has 0 spiro atoms. The van der Waals surface area contributed by atoms with Crippen molar-refractivity contribution in [2.75, 3.05) is 18.0 Å². The number of anilines is 1. The van der Waals surface area contributed by atoms with E-state index in [-0.39, 0.29) is 0 Å². The molecule has 1 aliphatic rings. The minimum absolute atomic E-state index is 0.423. The van der Waals surface area contributed by atoms with Crippen molar-refractivity contribution < 1.29 is 0 Å². The SMILES string of the molecule is CC(C)c1cc2c(N(CCN)C3CCCC3)nccn2n1. The lowest BCUT2D eigenvalue weighted by Crippen LogP contribution is -2.38. The summed E-state index contributed by atoms with van der Waals surface area (Å²) in [6.07, 6.45) is 8.89. The van der Waals surface area contributed by atoms with Crippen LogP contribution in [0.25, 0.3) is 5.52 Å². The number of hydrogen-bond donors (Lipinski definition) is 1. The average molecular weight is 287 g/mol. The fourth-order valence-corrected chi connectivity index (χ4v) is 3.25. The first-order chi connectivity index (χ1) is 10.2. The third-order valence-corrected chi connectivity index (χ3v) is 4.39. The zero-order chi connectivity index (χ0) is 14.8. The zero-order valence-electron chi connectivity index (χ0n) is 13.0. The molecule has 0 atom stereocenters. The Balaban J connectivity index is 2.03. The van der Waals surface area contributed by atoms with E-state index in [9.17, 15) is 0 Å². The molecule has 0 bridgehead atoms. The maximum atomic E-state index is 5.84. The minimum Gasteiger partial charge on any atom is -0.351 e. The average Bonchev–Trinajstić information content (AvgIpc) is 3.13. The predicted molar refractivity (Wildman–Crippen MR) is 85.7 cm³/mol. The van der Waals surface area contributed by atoms with Gasteiger partial charge in [0.05, 0.1) is 5.69 Å². The third-order valence-electron chi connectivity index (χ3n) is 4.39. The van der Waals surface area contributed by atoms with E-state index in [2.05, 4.69) is 34.9 Å². The summed E-state index contributed by atoms with van der Waals surface area (Å²) in [5.41, 5.74) is 8.05. The topological polar surface area (TPSA) is 59.5 Å². The predicted octanol–water partition coefficient (Wildman–Crippen LogP) is 2.56. The Labute approximate surface area is 126 Å². The van der Waals surface area contributed by atoms with E-state index in [0.717, 1.165) is 23.6 Å². The molecular formula is C16H25N5. The van der Waals surface area contributed by atoms with Gasteiger partial charge in [-0.3, -0.25) is 0 Å². The molecule has 0 amide bonds. The van der Waals surface area contributed by atoms with E-state index in [0.29, 0.717) is 18.5 Å². The summed E-state index contributed by atoms with van der Waals surface area (Å²) in [6.45, 7) is 5.86. The van der Waals surface area contributed by atoms with Crippen molar-refractivity contribution in [1.82, 2.24) is 14.6 Å². The van der Waals surface area contributed by atoms with Crippen molar-refractivity contribution in [3.05, 3.63) is 24.2 Å². The molecule has 21 heavy (non-hydrogen) atoms. The minimum atomic E-state index is 0.423. The fourth-order valence-electron chi connectivity index (χ4n) is 3.25. The Morgan fingerprint density at radius 3 is 2.81 bits per heavy atom. The lowest BCUT2D eigenvalue weighted by molar-refractivity contribution is 0.602. The number of fused-ring (bicyclic) bond motifs is 1. The first-order valence-electron chi connectivity index (χ1n) is 8.01. The van der Waals surface area contributed by atoms with E-state index in [1.54, 1.807) is 0 Å². The molecule has 2 heterocycles. The van der Waals surface area contributed by atoms with Gasteiger partial charge in [0.1, 0.15) is 5.52 Å². The highest BCUT2D eigenvalue weighted by molar-refractivity contribution is 5.69. The standard InChI is InChI=1S/C16H25N5/c1-12(2)14-11-15-16(18-8-10-21(15)19-14)20(9-7-17)13-5-3-4-6-13/h8,10-13H,3-7,9,17H2,1-2H3. The highest BCUT2D eigenvalue weighted by Crippen LogP contribution is 2.30. The molecule has 114 valence electrons. The second-order valence-electron chi connectivity index (χ2n) is 6.22. The van der Waals surface area contributed by atoms with Crippen LogP contribution in [0.5, 0.6) is 0 Å². The maximum absolute atomic E-state index is 5.84. The second-order valence-corrected chi connectivity index (χ2v) is 6.22. The van der Waals surface area contributed by atoms with Crippen molar-refractivity contribution in [3.8, 4) is 0 Å². The van der Waals surface area contributed by atoms with Crippen LogP contribution in [-0.2, 0) is 0 Å². The van der Waals surface area contributed by atoms with Crippen LogP contribution >= 0.6 is 0 Å². The second kappa shape index (κ2) is 6.02. The van der Waals surface area contributed by atoms with E-state index in [1.165, 1.54) is 25.7 Å². The molecule has 1 saturated carbocycles. The van der Waals surface area contributed by atoms with Crippen LogP contribution in [0.15, 0.2) is 18.5 Å². The molecule has 0 saturated heterocycles. The molecule has 1 fully saturated rings. The Kier molecular flexibility index (Phi) is 4.10. The number of aromatic nitrogens is 3. The van der Waals surface area contributed by atoms with E-state index >= 15 is 0 Å². The first kappa shape index (κ1) is 14.3. The summed E-state index contributed by atoms with van der Waals surface area (Å²) in [7, 11) is 0. The van der Waals surface area contributed by atoms with Gasteiger partial charge in [0.25, 0.3) is 0 Å². The summed E-state index contributed by atoms with van der Waals surface area (Å²) in [5.74, 6) is 1.46. The summed E-state index contributed by atoms with van der Waals surface area (Å²) < 4.78 is 1.95. The van der Waals surface area contributed by atoms with Gasteiger partial charge in [0.2, 0.25) is 0 Å². The summed E-state index contributed by atoms with van der Waals surface area (Å²) >= 11 is 0. The van der Waals surface area contributed by atoms with Crippen molar-refractivity contribution in [2.24, 2.45) is 5.73 Å². The molecule has 3 rings (SSSR count). The largest absolute Gasteiger partial charge is 0.351 e. The van der Waals surface area contributed by atoms with E-state index in [1.807, 2.05) is 16.9 Å². The van der Waals surface area contributed by atoms with Crippen LogP contribution in [0.3, 0.4) is 0 Å². The Hall–Kier alpha value is -1.62. The quantitative estimate of drug-likeness (QED) is 0.918. The Bertz CT molecular complexity index is 598. The summed E-state index contributed by atoms with van der Waals surface area (Å²) in [6, 6.07) is 2.75. The number of nitrogens with two attached hydrogens (primary N) is 1. The Morgan fingerprint density at radius 2 is 2.14 bits per heavy atom. The molecule has 1 aliphatic carbocycles. The van der Waals surface area contributed by atoms with Crippen LogP contribution in [0.2, 0.25) is 0 Å². The van der Waals surface area contributed by atoms with Gasteiger partial charge in [0.15, 0.2) is 5.82 Å². The normalized spacial score (nSPS) is 16.2. The van der Waals surface area contributed by atoms with Gasteiger partial charge in [-0.15, -0.1) is 0 Å². The molecule has 2 aromatic rings. The van der Waals surface area contributed by atoms with Crippen LogP contribution in [-0.4, -0.2) is 33.7 Å². The van der Waals surface area contributed by atoms with Crippen molar-refractivity contribution >= 4 is 11.3 Å². The number of hydrogen-bond acceptors (Lipinski definition) is 4. The summed E-state index contributed by atoms with van der Waals surface area (Å²) in [4.78, 5) is 7.05. The monoisotopic (exact) mass is 287 g/mol. The van der Waals surface area contributed by atoms with Gasteiger partial charge in [-0.25, -0.2) is 9.50 Å². The Morgan fingerprint density at radius 1 is 1.38 bits per heavy atom.